The van der Waals surface area contributed by atoms with Crippen molar-refractivity contribution in [3.63, 3.8) is 0 Å². The first-order valence-electron chi connectivity index (χ1n) is 7.66. The van der Waals surface area contributed by atoms with Crippen LogP contribution in [0.5, 0.6) is 0 Å². The molecule has 0 aromatic carbocycles. The van der Waals surface area contributed by atoms with Crippen LogP contribution < -0.4 is 5.32 Å². The zero-order valence-electron chi connectivity index (χ0n) is 11.3. The van der Waals surface area contributed by atoms with Gasteiger partial charge >= 0.3 is 0 Å². The van der Waals surface area contributed by atoms with Crippen molar-refractivity contribution in [1.82, 2.24) is 10.2 Å². The maximum atomic E-state index is 8.90. The molecule has 2 saturated carbocycles. The van der Waals surface area contributed by atoms with Gasteiger partial charge in [-0.3, -0.25) is 4.90 Å². The number of nitriles is 1. The molecular weight excluding hydrogens is 222 g/mol. The van der Waals surface area contributed by atoms with Gasteiger partial charge in [0.2, 0.25) is 0 Å². The lowest BCUT2D eigenvalue weighted by Gasteiger charge is -2.37. The van der Waals surface area contributed by atoms with Crippen molar-refractivity contribution in [1.29, 1.82) is 5.26 Å². The van der Waals surface area contributed by atoms with Gasteiger partial charge < -0.3 is 5.32 Å². The number of hydrogen-bond acceptors (Lipinski definition) is 3. The average molecular weight is 247 g/mol. The number of piperidine rings is 1. The molecule has 3 aliphatic rings. The quantitative estimate of drug-likeness (QED) is 0.730. The lowest BCUT2D eigenvalue weighted by molar-refractivity contribution is 0.146. The Kier molecular flexibility index (Phi) is 3.86. The van der Waals surface area contributed by atoms with Gasteiger partial charge in [0, 0.05) is 19.1 Å². The van der Waals surface area contributed by atoms with E-state index in [1.165, 1.54) is 45.1 Å². The van der Waals surface area contributed by atoms with Crippen molar-refractivity contribution >= 4 is 0 Å². The Morgan fingerprint density at radius 2 is 1.83 bits per heavy atom. The van der Waals surface area contributed by atoms with E-state index >= 15 is 0 Å². The van der Waals surface area contributed by atoms with E-state index < -0.39 is 0 Å². The monoisotopic (exact) mass is 247 g/mol. The van der Waals surface area contributed by atoms with E-state index in [1.54, 1.807) is 0 Å². The second kappa shape index (κ2) is 5.59. The SMILES string of the molecule is N#CCN1CC(CC2CC2)CC(NCC2CC2)C1. The normalized spacial score (nSPS) is 33.3. The number of hydrogen-bond donors (Lipinski definition) is 1. The molecule has 18 heavy (non-hydrogen) atoms. The predicted octanol–water partition coefficient (Wildman–Crippen LogP) is 2.00. The van der Waals surface area contributed by atoms with Crippen molar-refractivity contribution in [3.8, 4) is 6.07 Å². The maximum absolute atomic E-state index is 8.90. The van der Waals surface area contributed by atoms with Gasteiger partial charge in [0.05, 0.1) is 12.6 Å². The van der Waals surface area contributed by atoms with E-state index in [0.717, 1.165) is 30.8 Å². The van der Waals surface area contributed by atoms with Gasteiger partial charge in [-0.1, -0.05) is 12.8 Å². The molecule has 0 bridgehead atoms. The Morgan fingerprint density at radius 1 is 1.06 bits per heavy atom. The number of nitrogens with zero attached hydrogens (tertiary/aromatic N) is 2. The Labute approximate surface area is 111 Å². The molecular formula is C15H25N3. The number of nitrogens with one attached hydrogen (secondary N) is 1. The molecule has 2 atom stereocenters. The minimum absolute atomic E-state index is 0.614. The van der Waals surface area contributed by atoms with Crippen molar-refractivity contribution in [2.75, 3.05) is 26.2 Å². The Morgan fingerprint density at radius 3 is 2.50 bits per heavy atom. The summed E-state index contributed by atoms with van der Waals surface area (Å²) in [6.07, 6.45) is 8.50. The van der Waals surface area contributed by atoms with Crippen molar-refractivity contribution in [3.05, 3.63) is 0 Å². The summed E-state index contributed by atoms with van der Waals surface area (Å²) in [6, 6.07) is 2.96. The van der Waals surface area contributed by atoms with E-state index in [9.17, 15) is 0 Å². The van der Waals surface area contributed by atoms with Crippen LogP contribution in [-0.2, 0) is 0 Å². The first kappa shape index (κ1) is 12.4. The molecule has 1 saturated heterocycles. The van der Waals surface area contributed by atoms with Crippen LogP contribution in [0.15, 0.2) is 0 Å². The first-order valence-corrected chi connectivity index (χ1v) is 7.66. The molecule has 0 radical (unpaired) electrons. The minimum atomic E-state index is 0.614. The summed E-state index contributed by atoms with van der Waals surface area (Å²) in [6.45, 7) is 4.07. The molecule has 0 amide bonds. The van der Waals surface area contributed by atoms with E-state index in [0.29, 0.717) is 12.6 Å². The Hall–Kier alpha value is -0.590. The predicted molar refractivity (Wildman–Crippen MR) is 72.0 cm³/mol. The molecule has 2 aliphatic carbocycles. The smallest absolute Gasteiger partial charge is 0.0866 e. The molecule has 100 valence electrons. The second-order valence-corrected chi connectivity index (χ2v) is 6.68. The van der Waals surface area contributed by atoms with Gasteiger partial charge in [-0.25, -0.2) is 0 Å². The fourth-order valence-electron chi connectivity index (χ4n) is 3.33. The van der Waals surface area contributed by atoms with Crippen LogP contribution in [0, 0.1) is 29.1 Å². The maximum Gasteiger partial charge on any atom is 0.0866 e. The summed E-state index contributed by atoms with van der Waals surface area (Å²) in [5.74, 6) is 2.80. The molecule has 3 nitrogen and oxygen atoms in total. The highest BCUT2D eigenvalue weighted by Crippen LogP contribution is 2.38. The van der Waals surface area contributed by atoms with Gasteiger partial charge in [-0.05, 0) is 50.0 Å². The summed E-state index contributed by atoms with van der Waals surface area (Å²) in [5, 5.41) is 12.6. The largest absolute Gasteiger partial charge is 0.312 e. The zero-order chi connectivity index (χ0) is 12.4. The van der Waals surface area contributed by atoms with Crippen LogP contribution in [0.25, 0.3) is 0 Å². The average Bonchev–Trinajstić information content (AvgIpc) is 3.22. The van der Waals surface area contributed by atoms with E-state index in [-0.39, 0.29) is 0 Å². The lowest BCUT2D eigenvalue weighted by Crippen LogP contribution is -2.49. The van der Waals surface area contributed by atoms with Gasteiger partial charge in [0.15, 0.2) is 0 Å². The molecule has 0 aromatic rings. The molecule has 3 rings (SSSR count). The van der Waals surface area contributed by atoms with Crippen LogP contribution in [0.4, 0.5) is 0 Å². The molecule has 3 fully saturated rings. The summed E-state index contributed by atoms with van der Waals surface area (Å²) in [5.41, 5.74) is 0. The van der Waals surface area contributed by atoms with E-state index in [2.05, 4.69) is 16.3 Å². The molecule has 3 heteroatoms. The van der Waals surface area contributed by atoms with Crippen molar-refractivity contribution in [2.45, 2.75) is 44.6 Å². The fourth-order valence-corrected chi connectivity index (χ4v) is 3.33. The van der Waals surface area contributed by atoms with Gasteiger partial charge in [0.25, 0.3) is 0 Å². The molecule has 0 spiro atoms. The molecule has 2 unspecified atom stereocenters. The van der Waals surface area contributed by atoms with Gasteiger partial charge in [0.1, 0.15) is 0 Å². The van der Waals surface area contributed by atoms with Crippen LogP contribution in [0.1, 0.15) is 38.5 Å². The minimum Gasteiger partial charge on any atom is -0.312 e. The standard InChI is InChI=1S/C15H25N3/c16-5-6-18-10-14(7-12-1-2-12)8-15(11-18)17-9-13-3-4-13/h12-15,17H,1-4,6-11H2. The zero-order valence-corrected chi connectivity index (χ0v) is 11.3. The highest BCUT2D eigenvalue weighted by atomic mass is 15.2. The summed E-state index contributed by atoms with van der Waals surface area (Å²) < 4.78 is 0. The lowest BCUT2D eigenvalue weighted by atomic mass is 9.89. The van der Waals surface area contributed by atoms with Gasteiger partial charge in [-0.2, -0.15) is 5.26 Å². The summed E-state index contributed by atoms with van der Waals surface area (Å²) in [4.78, 5) is 2.36. The third kappa shape index (κ3) is 3.70. The van der Waals surface area contributed by atoms with Crippen LogP contribution in [0.3, 0.4) is 0 Å². The Bertz CT molecular complexity index is 314. The van der Waals surface area contributed by atoms with Crippen molar-refractivity contribution in [2.24, 2.45) is 17.8 Å². The highest BCUT2D eigenvalue weighted by Gasteiger charge is 2.32. The van der Waals surface area contributed by atoms with Crippen LogP contribution in [0.2, 0.25) is 0 Å². The summed E-state index contributed by atoms with van der Waals surface area (Å²) in [7, 11) is 0. The summed E-state index contributed by atoms with van der Waals surface area (Å²) >= 11 is 0. The van der Waals surface area contributed by atoms with Gasteiger partial charge in [-0.15, -0.1) is 0 Å². The molecule has 1 aliphatic heterocycles. The Balaban J connectivity index is 1.49. The topological polar surface area (TPSA) is 39.1 Å². The molecule has 1 N–H and O–H groups in total. The fraction of sp³-hybridized carbons (Fsp3) is 0.933. The third-order valence-corrected chi connectivity index (χ3v) is 4.66. The third-order valence-electron chi connectivity index (χ3n) is 4.66. The highest BCUT2D eigenvalue weighted by molar-refractivity contribution is 4.91. The number of likely N-dealkylation sites (tertiary alicyclic amines) is 1. The van der Waals surface area contributed by atoms with E-state index in [4.69, 9.17) is 5.26 Å². The van der Waals surface area contributed by atoms with E-state index in [1.807, 2.05) is 0 Å². The van der Waals surface area contributed by atoms with Crippen molar-refractivity contribution < 1.29 is 0 Å². The molecule has 1 heterocycles. The van der Waals surface area contributed by atoms with Crippen LogP contribution in [-0.4, -0.2) is 37.1 Å². The molecule has 0 aromatic heterocycles. The second-order valence-electron chi connectivity index (χ2n) is 6.68. The van der Waals surface area contributed by atoms with Crippen LogP contribution >= 0.6 is 0 Å². The number of rotatable bonds is 6. The first-order chi connectivity index (χ1) is 8.83.